The molecule has 4 atom stereocenters. The molecule has 2 unspecified atom stereocenters. The SMILES string of the molecule is CC[C@H](C(N)=O)N1CC(CCNC(=O)CBr)CC1=O.CC[C@H](C(N)=O)N1CC(CCNC(=O)CSCC(=O)NC2CCCCCCCCCC2)CC1=O.O=C(CS)NC1CCCCCCCCCC1. The number of hydrogen-bond acceptors (Lipinski definition) is 10. The number of alkyl halides is 1. The van der Waals surface area contributed by atoms with Crippen LogP contribution in [-0.2, 0) is 38.4 Å². The van der Waals surface area contributed by atoms with Gasteiger partial charge in [-0.2, -0.15) is 12.6 Å². The highest BCUT2D eigenvalue weighted by atomic mass is 79.9. The summed E-state index contributed by atoms with van der Waals surface area (Å²) >= 11 is 8.41. The van der Waals surface area contributed by atoms with Crippen molar-refractivity contribution in [2.24, 2.45) is 23.3 Å². The van der Waals surface area contributed by atoms with Gasteiger partial charge in [0, 0.05) is 51.1 Å². The van der Waals surface area contributed by atoms with E-state index in [1.165, 1.54) is 114 Å². The van der Waals surface area contributed by atoms with E-state index in [9.17, 15) is 38.4 Å². The van der Waals surface area contributed by atoms with Gasteiger partial charge in [-0.1, -0.05) is 133 Å². The van der Waals surface area contributed by atoms with Gasteiger partial charge in [-0.15, -0.1) is 11.8 Å². The normalized spacial score (nSPS) is 21.1. The zero-order valence-corrected chi connectivity index (χ0v) is 45.4. The topological polar surface area (TPSA) is 243 Å². The number of hydrogen-bond donors (Lipinski definition) is 7. The van der Waals surface area contributed by atoms with E-state index < -0.39 is 23.9 Å². The summed E-state index contributed by atoms with van der Waals surface area (Å²) in [6.45, 7) is 5.76. The summed E-state index contributed by atoms with van der Waals surface area (Å²) in [5.41, 5.74) is 10.7. The van der Waals surface area contributed by atoms with Gasteiger partial charge in [-0.25, -0.2) is 0 Å². The Labute approximate surface area is 431 Å². The Bertz CT molecular complexity index is 1540. The minimum atomic E-state index is -0.546. The first-order chi connectivity index (χ1) is 33.2. The molecule has 19 heteroatoms. The standard InChI is InChI=1S/C25H44N4O4S.C13H25NOS.C12H20BrN3O3/c1-2-21(25(26)33)29-16-19(15-24(29)32)13-14-27-22(30)17-34-18-23(31)28-20-11-9-7-5-3-4-6-8-10-12-20;15-13(11-16)14-12-9-7-5-3-1-2-4-6-8-10-12;1-2-9(12(14)19)16-7-8(5-11(16)18)3-4-15-10(17)6-13/h19-21H,2-18H2,1H3,(H2,26,33)(H,27,30)(H,28,31);12,16H,1-11H2,(H,14,15);8-9H,2-7H2,1H3,(H2,14,19)(H,15,17)/t19?,21-;;8?,9-/m1.1/s1. The summed E-state index contributed by atoms with van der Waals surface area (Å²) in [6, 6.07) is -0.390. The number of rotatable bonds is 20. The zero-order chi connectivity index (χ0) is 50.8. The molecule has 2 aliphatic heterocycles. The van der Waals surface area contributed by atoms with E-state index in [2.05, 4.69) is 49.8 Å². The van der Waals surface area contributed by atoms with E-state index in [4.69, 9.17) is 11.5 Å². The maximum atomic E-state index is 12.4. The van der Waals surface area contributed by atoms with Gasteiger partial charge < -0.3 is 42.5 Å². The molecule has 8 amide bonds. The summed E-state index contributed by atoms with van der Waals surface area (Å²) in [4.78, 5) is 96.9. The van der Waals surface area contributed by atoms with Gasteiger partial charge in [-0.3, -0.25) is 38.4 Å². The third-order valence-corrected chi connectivity index (χ3v) is 15.3. The largest absolute Gasteiger partial charge is 0.368 e. The average Bonchev–Trinajstić information content (AvgIpc) is 3.83. The van der Waals surface area contributed by atoms with E-state index in [-0.39, 0.29) is 64.4 Å². The molecule has 2 saturated carbocycles. The number of carbonyl (C=O) groups is 8. The Hall–Kier alpha value is -3.06. The summed E-state index contributed by atoms with van der Waals surface area (Å²) in [5.74, 6) is 0.0825. The minimum Gasteiger partial charge on any atom is -0.368 e. The van der Waals surface area contributed by atoms with E-state index in [0.717, 1.165) is 32.1 Å². The molecule has 4 rings (SSSR count). The fourth-order valence-corrected chi connectivity index (χ4v) is 10.7. The lowest BCUT2D eigenvalue weighted by Crippen LogP contribution is -2.45. The van der Waals surface area contributed by atoms with Crippen LogP contribution >= 0.6 is 40.3 Å². The van der Waals surface area contributed by atoms with Crippen LogP contribution in [0.4, 0.5) is 0 Å². The fourth-order valence-electron chi connectivity index (χ4n) is 9.73. The summed E-state index contributed by atoms with van der Waals surface area (Å²) in [6.07, 6.45) is 28.5. The smallest absolute Gasteiger partial charge is 0.240 e. The first-order valence-corrected chi connectivity index (χ1v) is 29.2. The van der Waals surface area contributed by atoms with Crippen molar-refractivity contribution in [3.8, 4) is 0 Å². The second kappa shape index (κ2) is 37.7. The molecular weight excluding hydrogens is 985 g/mol. The molecule has 0 aromatic rings. The molecular formula is C50H89BrN8O8S2. The number of halogens is 1. The number of nitrogens with two attached hydrogens (primary N) is 2. The van der Waals surface area contributed by atoms with Crippen molar-refractivity contribution in [1.82, 2.24) is 31.1 Å². The van der Waals surface area contributed by atoms with Crippen LogP contribution in [-0.4, -0.2) is 130 Å². The van der Waals surface area contributed by atoms with Crippen LogP contribution in [0.15, 0.2) is 0 Å². The highest BCUT2D eigenvalue weighted by Gasteiger charge is 2.37. The molecule has 2 saturated heterocycles. The van der Waals surface area contributed by atoms with E-state index in [1.807, 2.05) is 13.8 Å². The van der Waals surface area contributed by atoms with Crippen molar-refractivity contribution in [3.05, 3.63) is 0 Å². The van der Waals surface area contributed by atoms with Crippen molar-refractivity contribution >= 4 is 87.6 Å². The molecule has 0 spiro atoms. The zero-order valence-electron chi connectivity index (χ0n) is 42.1. The number of amides is 8. The number of nitrogens with zero attached hydrogens (tertiary/aromatic N) is 2. The van der Waals surface area contributed by atoms with E-state index in [0.29, 0.717) is 75.8 Å². The van der Waals surface area contributed by atoms with Gasteiger partial charge >= 0.3 is 0 Å². The molecule has 0 bridgehead atoms. The lowest BCUT2D eigenvalue weighted by Gasteiger charge is -2.24. The quantitative estimate of drug-likeness (QED) is 0.0554. The minimum absolute atomic E-state index is 0.0159. The van der Waals surface area contributed by atoms with Gasteiger partial charge in [-0.05, 0) is 63.2 Å². The predicted octanol–water partition coefficient (Wildman–Crippen LogP) is 6.05. The Balaban J connectivity index is 0.000000392. The average molecular weight is 1070 g/mol. The second-order valence-electron chi connectivity index (χ2n) is 19.3. The van der Waals surface area contributed by atoms with Crippen molar-refractivity contribution < 1.29 is 38.4 Å². The number of primary amides is 2. The molecule has 0 radical (unpaired) electrons. The Morgan fingerprint density at radius 2 is 0.928 bits per heavy atom. The van der Waals surface area contributed by atoms with Gasteiger partial charge in [0.15, 0.2) is 0 Å². The summed E-state index contributed by atoms with van der Waals surface area (Å²) in [5, 5.41) is 12.2. The Morgan fingerprint density at radius 3 is 1.28 bits per heavy atom. The van der Waals surface area contributed by atoms with Gasteiger partial charge in [0.1, 0.15) is 12.1 Å². The highest BCUT2D eigenvalue weighted by molar-refractivity contribution is 9.09. The van der Waals surface area contributed by atoms with Crippen LogP contribution < -0.4 is 32.7 Å². The lowest BCUT2D eigenvalue weighted by molar-refractivity contribution is -0.136. The van der Waals surface area contributed by atoms with Crippen molar-refractivity contribution in [2.45, 2.75) is 205 Å². The maximum Gasteiger partial charge on any atom is 0.240 e. The number of thiol groups is 1. The van der Waals surface area contributed by atoms with Crippen molar-refractivity contribution in [2.75, 3.05) is 48.8 Å². The first-order valence-electron chi connectivity index (χ1n) is 26.3. The van der Waals surface area contributed by atoms with Crippen LogP contribution in [0.1, 0.15) is 181 Å². The molecule has 4 fully saturated rings. The predicted molar refractivity (Wildman–Crippen MR) is 283 cm³/mol. The second-order valence-corrected chi connectivity index (χ2v) is 21.2. The van der Waals surface area contributed by atoms with E-state index >= 15 is 0 Å². The third kappa shape index (κ3) is 27.4. The molecule has 69 heavy (non-hydrogen) atoms. The number of thioether (sulfide) groups is 1. The molecule has 2 heterocycles. The molecule has 0 aromatic carbocycles. The van der Waals surface area contributed by atoms with Gasteiger partial charge in [0.25, 0.3) is 0 Å². The third-order valence-electron chi connectivity index (χ3n) is 13.6. The van der Waals surface area contributed by atoms with Crippen molar-refractivity contribution in [3.63, 3.8) is 0 Å². The highest BCUT2D eigenvalue weighted by Crippen LogP contribution is 2.25. The number of carbonyl (C=O) groups excluding carboxylic acids is 8. The Morgan fingerprint density at radius 1 is 0.580 bits per heavy atom. The fraction of sp³-hybridized carbons (Fsp3) is 0.840. The molecule has 0 aromatic heterocycles. The van der Waals surface area contributed by atoms with Crippen LogP contribution in [0.5, 0.6) is 0 Å². The van der Waals surface area contributed by atoms with Crippen LogP contribution in [0, 0.1) is 11.8 Å². The molecule has 8 N–H and O–H groups in total. The van der Waals surface area contributed by atoms with E-state index in [1.54, 1.807) is 9.80 Å². The first kappa shape index (κ1) is 62.1. The molecule has 2 aliphatic carbocycles. The molecule has 16 nitrogen and oxygen atoms in total. The van der Waals surface area contributed by atoms with Crippen LogP contribution in [0.3, 0.4) is 0 Å². The van der Waals surface area contributed by atoms with Crippen LogP contribution in [0.25, 0.3) is 0 Å². The van der Waals surface area contributed by atoms with Gasteiger partial charge in [0.2, 0.25) is 47.3 Å². The maximum absolute atomic E-state index is 12.4. The monoisotopic (exact) mass is 1070 g/mol. The Kier molecular flexibility index (Phi) is 33.9. The summed E-state index contributed by atoms with van der Waals surface area (Å²) < 4.78 is 0. The number of nitrogens with one attached hydrogen (secondary N) is 4. The molecule has 4 aliphatic rings. The summed E-state index contributed by atoms with van der Waals surface area (Å²) in [7, 11) is 0. The van der Waals surface area contributed by atoms with Crippen LogP contribution in [0.2, 0.25) is 0 Å². The van der Waals surface area contributed by atoms with Crippen molar-refractivity contribution in [1.29, 1.82) is 0 Å². The number of likely N-dealkylation sites (tertiary alicyclic amines) is 2. The van der Waals surface area contributed by atoms with Gasteiger partial charge in [0.05, 0.1) is 22.6 Å². The molecule has 396 valence electrons. The lowest BCUT2D eigenvalue weighted by atomic mass is 10.0.